The summed E-state index contributed by atoms with van der Waals surface area (Å²) in [5, 5.41) is 0. The summed E-state index contributed by atoms with van der Waals surface area (Å²) in [6, 6.07) is 5.80. The fourth-order valence-electron chi connectivity index (χ4n) is 1.70. The smallest absolute Gasteiger partial charge is 0.220 e. The third-order valence-corrected chi connectivity index (χ3v) is 2.47. The molecule has 0 aromatic heterocycles. The molecule has 106 valence electrons. The van der Waals surface area contributed by atoms with Gasteiger partial charge in [-0.2, -0.15) is 0 Å². The molecule has 1 rings (SSSR count). The zero-order valence-corrected chi connectivity index (χ0v) is 11.5. The second-order valence-electron chi connectivity index (χ2n) is 4.46. The van der Waals surface area contributed by atoms with Gasteiger partial charge in [-0.3, -0.25) is 4.79 Å². The summed E-state index contributed by atoms with van der Waals surface area (Å²) in [4.78, 5) is 10.7. The van der Waals surface area contributed by atoms with Crippen molar-refractivity contribution in [3.63, 3.8) is 0 Å². The van der Waals surface area contributed by atoms with Gasteiger partial charge in [-0.05, 0) is 38.0 Å². The highest BCUT2D eigenvalue weighted by atomic mass is 16.5. The maximum atomic E-state index is 10.7. The van der Waals surface area contributed by atoms with Crippen molar-refractivity contribution in [1.82, 2.24) is 0 Å². The molecular weight excluding hydrogens is 244 g/mol. The second-order valence-corrected chi connectivity index (χ2v) is 4.46. The molecule has 5 nitrogen and oxygen atoms in total. The van der Waals surface area contributed by atoms with Gasteiger partial charge in [0.1, 0.15) is 0 Å². The van der Waals surface area contributed by atoms with Crippen LogP contribution in [-0.4, -0.2) is 25.2 Å². The van der Waals surface area contributed by atoms with Gasteiger partial charge in [-0.25, -0.2) is 0 Å². The summed E-state index contributed by atoms with van der Waals surface area (Å²) in [6.45, 7) is 4.67. The Morgan fingerprint density at radius 3 is 2.63 bits per heavy atom. The van der Waals surface area contributed by atoms with E-state index in [1.165, 1.54) is 0 Å². The van der Waals surface area contributed by atoms with Gasteiger partial charge >= 0.3 is 0 Å². The zero-order chi connectivity index (χ0) is 14.3. The first-order valence-corrected chi connectivity index (χ1v) is 6.45. The maximum absolute atomic E-state index is 10.7. The van der Waals surface area contributed by atoms with E-state index in [-0.39, 0.29) is 25.0 Å². The van der Waals surface area contributed by atoms with E-state index in [1.54, 1.807) is 0 Å². The summed E-state index contributed by atoms with van der Waals surface area (Å²) in [6.07, 6.45) is 0.967. The summed E-state index contributed by atoms with van der Waals surface area (Å²) in [7, 11) is 0. The molecule has 0 aliphatic carbocycles. The van der Waals surface area contributed by atoms with Crippen LogP contribution >= 0.6 is 0 Å². The van der Waals surface area contributed by atoms with Crippen LogP contribution < -0.4 is 20.9 Å². The molecule has 1 amide bonds. The van der Waals surface area contributed by atoms with Crippen molar-refractivity contribution in [2.24, 2.45) is 11.5 Å². The minimum absolute atomic E-state index is 0.0936. The highest BCUT2D eigenvalue weighted by Crippen LogP contribution is 2.29. The van der Waals surface area contributed by atoms with E-state index in [0.717, 1.165) is 12.0 Å². The lowest BCUT2D eigenvalue weighted by Crippen LogP contribution is -2.18. The van der Waals surface area contributed by atoms with Crippen LogP contribution in [0.5, 0.6) is 11.5 Å². The predicted molar refractivity (Wildman–Crippen MR) is 74.3 cm³/mol. The van der Waals surface area contributed by atoms with Crippen LogP contribution in [0.2, 0.25) is 0 Å². The Kier molecular flexibility index (Phi) is 6.15. The van der Waals surface area contributed by atoms with Crippen molar-refractivity contribution in [3.8, 4) is 11.5 Å². The van der Waals surface area contributed by atoms with E-state index >= 15 is 0 Å². The topological polar surface area (TPSA) is 87.6 Å². The van der Waals surface area contributed by atoms with Crippen molar-refractivity contribution in [3.05, 3.63) is 23.8 Å². The molecule has 1 aromatic rings. The largest absolute Gasteiger partial charge is 0.490 e. The van der Waals surface area contributed by atoms with Crippen LogP contribution in [0, 0.1) is 0 Å². The van der Waals surface area contributed by atoms with Crippen molar-refractivity contribution in [1.29, 1.82) is 0 Å². The molecule has 4 N–H and O–H groups in total. The Balaban J connectivity index is 2.75. The van der Waals surface area contributed by atoms with E-state index in [9.17, 15) is 4.79 Å². The number of carbonyl (C=O) groups is 1. The maximum Gasteiger partial charge on any atom is 0.220 e. The van der Waals surface area contributed by atoms with Crippen LogP contribution in [0.3, 0.4) is 0 Å². The SMILES string of the molecule is CCOc1cc(CC(C)N)ccc1OCCC(N)=O. The van der Waals surface area contributed by atoms with Crippen LogP contribution in [-0.2, 0) is 11.2 Å². The number of hydrogen-bond acceptors (Lipinski definition) is 4. The van der Waals surface area contributed by atoms with Gasteiger partial charge in [0.05, 0.1) is 19.6 Å². The Bertz CT molecular complexity index is 419. The van der Waals surface area contributed by atoms with E-state index in [0.29, 0.717) is 18.1 Å². The first kappa shape index (κ1) is 15.3. The lowest BCUT2D eigenvalue weighted by molar-refractivity contribution is -0.118. The minimum Gasteiger partial charge on any atom is -0.490 e. The standard InChI is InChI=1S/C14H22N2O3/c1-3-18-13-9-11(8-10(2)15)4-5-12(13)19-7-6-14(16)17/h4-5,9-10H,3,6-8,15H2,1-2H3,(H2,16,17). The number of ether oxygens (including phenoxy) is 2. The Morgan fingerprint density at radius 2 is 2.05 bits per heavy atom. The van der Waals surface area contributed by atoms with Crippen LogP contribution in [0.4, 0.5) is 0 Å². The predicted octanol–water partition coefficient (Wildman–Crippen LogP) is 1.23. The molecule has 0 heterocycles. The summed E-state index contributed by atoms with van der Waals surface area (Å²) < 4.78 is 11.0. The molecule has 0 aliphatic rings. The quantitative estimate of drug-likeness (QED) is 0.740. The fraction of sp³-hybridized carbons (Fsp3) is 0.500. The van der Waals surface area contributed by atoms with Crippen molar-refractivity contribution < 1.29 is 14.3 Å². The Labute approximate surface area is 113 Å². The third-order valence-electron chi connectivity index (χ3n) is 2.47. The molecule has 0 radical (unpaired) electrons. The summed E-state index contributed by atoms with van der Waals surface area (Å²) in [5.41, 5.74) is 11.9. The Hall–Kier alpha value is -1.75. The molecular formula is C14H22N2O3. The summed E-state index contributed by atoms with van der Waals surface area (Å²) >= 11 is 0. The van der Waals surface area contributed by atoms with Gasteiger partial charge in [0.15, 0.2) is 11.5 Å². The molecule has 0 fully saturated rings. The molecule has 0 bridgehead atoms. The number of rotatable bonds is 8. The van der Waals surface area contributed by atoms with Gasteiger partial charge in [-0.15, -0.1) is 0 Å². The van der Waals surface area contributed by atoms with Gasteiger partial charge in [0.2, 0.25) is 5.91 Å². The molecule has 0 aliphatic heterocycles. The Morgan fingerprint density at radius 1 is 1.32 bits per heavy atom. The lowest BCUT2D eigenvalue weighted by Gasteiger charge is -2.14. The molecule has 1 unspecified atom stereocenters. The first-order valence-electron chi connectivity index (χ1n) is 6.45. The average Bonchev–Trinajstić information content (AvgIpc) is 2.31. The third kappa shape index (κ3) is 5.61. The molecule has 1 atom stereocenters. The van der Waals surface area contributed by atoms with E-state index in [4.69, 9.17) is 20.9 Å². The van der Waals surface area contributed by atoms with Gasteiger partial charge in [-0.1, -0.05) is 6.07 Å². The van der Waals surface area contributed by atoms with E-state index < -0.39 is 0 Å². The van der Waals surface area contributed by atoms with Crippen molar-refractivity contribution >= 4 is 5.91 Å². The molecule has 0 saturated carbocycles. The molecule has 19 heavy (non-hydrogen) atoms. The van der Waals surface area contributed by atoms with E-state index in [1.807, 2.05) is 32.0 Å². The van der Waals surface area contributed by atoms with Crippen LogP contribution in [0.1, 0.15) is 25.8 Å². The normalized spacial score (nSPS) is 11.9. The van der Waals surface area contributed by atoms with Crippen LogP contribution in [0.15, 0.2) is 18.2 Å². The molecule has 1 aromatic carbocycles. The fourth-order valence-corrected chi connectivity index (χ4v) is 1.70. The number of nitrogens with two attached hydrogens (primary N) is 2. The molecule has 0 spiro atoms. The van der Waals surface area contributed by atoms with E-state index in [2.05, 4.69) is 0 Å². The number of carbonyl (C=O) groups excluding carboxylic acids is 1. The number of hydrogen-bond donors (Lipinski definition) is 2. The summed E-state index contributed by atoms with van der Waals surface area (Å²) in [5.74, 6) is 0.910. The van der Waals surface area contributed by atoms with Gasteiger partial charge in [0, 0.05) is 6.04 Å². The second kappa shape index (κ2) is 7.63. The van der Waals surface area contributed by atoms with Crippen molar-refractivity contribution in [2.75, 3.05) is 13.2 Å². The number of amides is 1. The van der Waals surface area contributed by atoms with Crippen molar-refractivity contribution in [2.45, 2.75) is 32.7 Å². The van der Waals surface area contributed by atoms with Gasteiger partial charge in [0.25, 0.3) is 0 Å². The molecule has 0 saturated heterocycles. The van der Waals surface area contributed by atoms with Gasteiger partial charge < -0.3 is 20.9 Å². The zero-order valence-electron chi connectivity index (χ0n) is 11.5. The highest BCUT2D eigenvalue weighted by molar-refractivity contribution is 5.73. The minimum atomic E-state index is -0.383. The lowest BCUT2D eigenvalue weighted by atomic mass is 10.1. The monoisotopic (exact) mass is 266 g/mol. The highest BCUT2D eigenvalue weighted by Gasteiger charge is 2.08. The van der Waals surface area contributed by atoms with Crippen LogP contribution in [0.25, 0.3) is 0 Å². The average molecular weight is 266 g/mol. The number of primary amides is 1. The number of benzene rings is 1. The molecule has 5 heteroatoms. The first-order chi connectivity index (χ1) is 9.02.